The number of para-hydroxylation sites is 1. The Hall–Kier alpha value is -2.82. The first kappa shape index (κ1) is 11.3. The molecule has 19 heavy (non-hydrogen) atoms. The molecule has 0 atom stereocenters. The summed E-state index contributed by atoms with van der Waals surface area (Å²) in [6, 6.07) is 15.4. The van der Waals surface area contributed by atoms with Crippen molar-refractivity contribution in [2.45, 2.75) is 0 Å². The van der Waals surface area contributed by atoms with Crippen LogP contribution in [0.4, 0.5) is 11.6 Å². The van der Waals surface area contributed by atoms with E-state index in [9.17, 15) is 0 Å². The van der Waals surface area contributed by atoms with Crippen LogP contribution >= 0.6 is 0 Å². The van der Waals surface area contributed by atoms with Gasteiger partial charge < -0.3 is 5.32 Å². The molecule has 92 valence electrons. The monoisotopic (exact) mass is 249 g/mol. The number of aromatic nitrogens is 4. The van der Waals surface area contributed by atoms with Gasteiger partial charge in [-0.2, -0.15) is 4.98 Å². The SMILES string of the molecule is c1ccc(Nc2ncnc(-c3ccccn3)n2)cc1. The third-order valence-electron chi connectivity index (χ3n) is 2.50. The van der Waals surface area contributed by atoms with E-state index in [4.69, 9.17) is 0 Å². The maximum Gasteiger partial charge on any atom is 0.230 e. The topological polar surface area (TPSA) is 63.6 Å². The van der Waals surface area contributed by atoms with Crippen molar-refractivity contribution in [3.63, 3.8) is 0 Å². The van der Waals surface area contributed by atoms with Crippen LogP contribution in [-0.4, -0.2) is 19.9 Å². The van der Waals surface area contributed by atoms with Crippen molar-refractivity contribution in [3.8, 4) is 11.5 Å². The molecule has 0 bridgehead atoms. The van der Waals surface area contributed by atoms with Crippen LogP contribution in [-0.2, 0) is 0 Å². The van der Waals surface area contributed by atoms with E-state index in [0.717, 1.165) is 11.4 Å². The van der Waals surface area contributed by atoms with Gasteiger partial charge in [0, 0.05) is 11.9 Å². The van der Waals surface area contributed by atoms with E-state index in [1.165, 1.54) is 6.33 Å². The second kappa shape index (κ2) is 5.22. The van der Waals surface area contributed by atoms with Gasteiger partial charge in [0.05, 0.1) is 0 Å². The summed E-state index contributed by atoms with van der Waals surface area (Å²) in [5.74, 6) is 1.05. The largest absolute Gasteiger partial charge is 0.324 e. The summed E-state index contributed by atoms with van der Waals surface area (Å²) in [6.07, 6.45) is 3.19. The highest BCUT2D eigenvalue weighted by Crippen LogP contribution is 2.14. The van der Waals surface area contributed by atoms with Gasteiger partial charge in [-0.05, 0) is 24.3 Å². The molecule has 0 aliphatic rings. The van der Waals surface area contributed by atoms with E-state index in [0.29, 0.717) is 11.8 Å². The van der Waals surface area contributed by atoms with Gasteiger partial charge in [0.15, 0.2) is 5.82 Å². The highest BCUT2D eigenvalue weighted by atomic mass is 15.1. The van der Waals surface area contributed by atoms with E-state index in [-0.39, 0.29) is 0 Å². The number of nitrogens with zero attached hydrogens (tertiary/aromatic N) is 4. The van der Waals surface area contributed by atoms with Crippen LogP contribution in [0.15, 0.2) is 61.1 Å². The van der Waals surface area contributed by atoms with Crippen LogP contribution in [0.2, 0.25) is 0 Å². The molecule has 3 rings (SSSR count). The molecule has 1 aromatic carbocycles. The number of anilines is 2. The molecule has 0 radical (unpaired) electrons. The van der Waals surface area contributed by atoms with Crippen molar-refractivity contribution in [3.05, 3.63) is 61.1 Å². The molecule has 0 spiro atoms. The van der Waals surface area contributed by atoms with Gasteiger partial charge in [-0.3, -0.25) is 4.98 Å². The fourth-order valence-corrected chi connectivity index (χ4v) is 1.63. The molecule has 5 nitrogen and oxygen atoms in total. The number of rotatable bonds is 3. The molecule has 0 unspecified atom stereocenters. The minimum absolute atomic E-state index is 0.502. The Kier molecular flexibility index (Phi) is 3.10. The van der Waals surface area contributed by atoms with E-state index in [1.54, 1.807) is 6.20 Å². The highest BCUT2D eigenvalue weighted by Gasteiger charge is 2.04. The maximum absolute atomic E-state index is 4.34. The zero-order valence-electron chi connectivity index (χ0n) is 10.1. The third-order valence-corrected chi connectivity index (χ3v) is 2.50. The standard InChI is InChI=1S/C14H11N5/c1-2-6-11(7-3-1)18-14-17-10-16-13(19-14)12-8-4-5-9-15-12/h1-10H,(H,16,17,18,19). The van der Waals surface area contributed by atoms with E-state index < -0.39 is 0 Å². The zero-order chi connectivity index (χ0) is 12.9. The number of pyridine rings is 1. The van der Waals surface area contributed by atoms with E-state index in [2.05, 4.69) is 25.3 Å². The first-order valence-corrected chi connectivity index (χ1v) is 5.84. The first-order chi connectivity index (χ1) is 9.42. The smallest absolute Gasteiger partial charge is 0.230 e. The Morgan fingerprint density at radius 1 is 0.789 bits per heavy atom. The predicted octanol–water partition coefficient (Wildman–Crippen LogP) is 2.68. The second-order valence-electron chi connectivity index (χ2n) is 3.84. The lowest BCUT2D eigenvalue weighted by molar-refractivity contribution is 1.05. The summed E-state index contributed by atoms with van der Waals surface area (Å²) < 4.78 is 0. The summed E-state index contributed by atoms with van der Waals surface area (Å²) in [7, 11) is 0. The lowest BCUT2D eigenvalue weighted by Gasteiger charge is -2.05. The van der Waals surface area contributed by atoms with E-state index >= 15 is 0 Å². The van der Waals surface area contributed by atoms with Crippen molar-refractivity contribution < 1.29 is 0 Å². The van der Waals surface area contributed by atoms with Crippen molar-refractivity contribution in [1.82, 2.24) is 19.9 Å². The molecule has 1 N–H and O–H groups in total. The van der Waals surface area contributed by atoms with Gasteiger partial charge in [0.25, 0.3) is 0 Å². The van der Waals surface area contributed by atoms with Crippen LogP contribution in [0.5, 0.6) is 0 Å². The lowest BCUT2D eigenvalue weighted by atomic mass is 10.3. The van der Waals surface area contributed by atoms with Gasteiger partial charge in [-0.1, -0.05) is 24.3 Å². The van der Waals surface area contributed by atoms with Gasteiger partial charge in [-0.15, -0.1) is 0 Å². The molecule has 0 saturated heterocycles. The summed E-state index contributed by atoms with van der Waals surface area (Å²) in [4.78, 5) is 16.8. The molecule has 0 fully saturated rings. The van der Waals surface area contributed by atoms with Crippen molar-refractivity contribution >= 4 is 11.6 Å². The quantitative estimate of drug-likeness (QED) is 0.773. The Morgan fingerprint density at radius 2 is 1.63 bits per heavy atom. The van der Waals surface area contributed by atoms with Gasteiger partial charge in [0.2, 0.25) is 5.95 Å². The number of hydrogen-bond acceptors (Lipinski definition) is 5. The van der Waals surface area contributed by atoms with Crippen molar-refractivity contribution in [2.75, 3.05) is 5.32 Å². The summed E-state index contributed by atoms with van der Waals surface area (Å²) in [6.45, 7) is 0. The molecular weight excluding hydrogens is 238 g/mol. The van der Waals surface area contributed by atoms with Gasteiger partial charge in [-0.25, -0.2) is 9.97 Å². The summed E-state index contributed by atoms with van der Waals surface area (Å²) in [5, 5.41) is 3.12. The Bertz CT molecular complexity index is 655. The molecular formula is C14H11N5. The second-order valence-corrected chi connectivity index (χ2v) is 3.84. The van der Waals surface area contributed by atoms with Crippen LogP contribution < -0.4 is 5.32 Å². The van der Waals surface area contributed by atoms with Gasteiger partial charge in [0.1, 0.15) is 12.0 Å². The molecule has 0 aliphatic heterocycles. The minimum Gasteiger partial charge on any atom is -0.324 e. The Labute approximate surface area is 110 Å². The molecule has 2 aromatic heterocycles. The Balaban J connectivity index is 1.89. The fourth-order valence-electron chi connectivity index (χ4n) is 1.63. The fraction of sp³-hybridized carbons (Fsp3) is 0. The van der Waals surface area contributed by atoms with E-state index in [1.807, 2.05) is 48.5 Å². The van der Waals surface area contributed by atoms with Gasteiger partial charge >= 0.3 is 0 Å². The van der Waals surface area contributed by atoms with Crippen molar-refractivity contribution in [1.29, 1.82) is 0 Å². The predicted molar refractivity (Wildman–Crippen MR) is 72.8 cm³/mol. The minimum atomic E-state index is 0.502. The number of hydrogen-bond donors (Lipinski definition) is 1. The normalized spacial score (nSPS) is 10.1. The van der Waals surface area contributed by atoms with Crippen molar-refractivity contribution in [2.24, 2.45) is 0 Å². The average Bonchev–Trinajstić information content (AvgIpc) is 2.49. The summed E-state index contributed by atoms with van der Waals surface area (Å²) in [5.41, 5.74) is 1.65. The number of nitrogens with one attached hydrogen (secondary N) is 1. The molecule has 3 aromatic rings. The maximum atomic E-state index is 4.34. The molecule has 0 saturated carbocycles. The highest BCUT2D eigenvalue weighted by molar-refractivity contribution is 5.55. The third kappa shape index (κ3) is 2.71. The molecule has 5 heteroatoms. The average molecular weight is 249 g/mol. The molecule has 0 aliphatic carbocycles. The Morgan fingerprint density at radius 3 is 2.42 bits per heavy atom. The van der Waals surface area contributed by atoms with Crippen LogP contribution in [0.3, 0.4) is 0 Å². The molecule has 0 amide bonds. The van der Waals surface area contributed by atoms with Crippen LogP contribution in [0.1, 0.15) is 0 Å². The first-order valence-electron chi connectivity index (χ1n) is 5.84. The van der Waals surface area contributed by atoms with Crippen LogP contribution in [0, 0.1) is 0 Å². The zero-order valence-corrected chi connectivity index (χ0v) is 10.1. The molecule has 2 heterocycles. The summed E-state index contributed by atoms with van der Waals surface area (Å²) >= 11 is 0. The number of benzene rings is 1. The lowest BCUT2D eigenvalue weighted by Crippen LogP contribution is -2.00. The van der Waals surface area contributed by atoms with Crippen LogP contribution in [0.25, 0.3) is 11.5 Å².